The third-order valence-electron chi connectivity index (χ3n) is 4.28. The van der Waals surface area contributed by atoms with Gasteiger partial charge >= 0.3 is 6.03 Å². The lowest BCUT2D eigenvalue weighted by Crippen LogP contribution is -2.38. The molecule has 0 bridgehead atoms. The van der Waals surface area contributed by atoms with Crippen molar-refractivity contribution < 1.29 is 18.0 Å². The normalized spacial score (nSPS) is 11.0. The molecule has 0 saturated carbocycles. The molecule has 4 N–H and O–H groups in total. The summed E-state index contributed by atoms with van der Waals surface area (Å²) < 4.78 is 23.4. The molecule has 0 unspecified atom stereocenters. The van der Waals surface area contributed by atoms with Gasteiger partial charge in [0.1, 0.15) is 0 Å². The number of carbonyl (C=O) groups is 2. The highest BCUT2D eigenvalue weighted by Gasteiger charge is 2.15. The molecular weight excluding hydrogens is 392 g/mol. The molecule has 2 rings (SSSR count). The van der Waals surface area contributed by atoms with Crippen molar-refractivity contribution in [2.45, 2.75) is 31.2 Å². The molecule has 0 aromatic heterocycles. The molecule has 0 aliphatic rings. The van der Waals surface area contributed by atoms with Crippen LogP contribution in [0.25, 0.3) is 0 Å². The van der Waals surface area contributed by atoms with Crippen molar-refractivity contribution in [3.8, 4) is 0 Å². The smallest absolute Gasteiger partial charge is 0.317 e. The minimum atomic E-state index is -3.88. The van der Waals surface area contributed by atoms with E-state index in [1.165, 1.54) is 11.0 Å². The van der Waals surface area contributed by atoms with E-state index >= 15 is 0 Å². The van der Waals surface area contributed by atoms with Crippen molar-refractivity contribution >= 4 is 27.6 Å². The fraction of sp³-hybridized carbons (Fsp3) is 0.300. The summed E-state index contributed by atoms with van der Waals surface area (Å²) in [5.41, 5.74) is 1.92. The van der Waals surface area contributed by atoms with Crippen molar-refractivity contribution in [1.82, 2.24) is 10.2 Å². The zero-order chi connectivity index (χ0) is 21.4. The maximum atomic E-state index is 12.1. The third-order valence-corrected chi connectivity index (χ3v) is 5.27. The zero-order valence-corrected chi connectivity index (χ0v) is 17.3. The van der Waals surface area contributed by atoms with Gasteiger partial charge in [0.2, 0.25) is 15.9 Å². The van der Waals surface area contributed by atoms with E-state index in [0.29, 0.717) is 24.2 Å². The Hall–Kier alpha value is -2.91. The lowest BCUT2D eigenvalue weighted by molar-refractivity contribution is -0.116. The topological polar surface area (TPSA) is 122 Å². The summed E-state index contributed by atoms with van der Waals surface area (Å²) in [4.78, 5) is 25.7. The van der Waals surface area contributed by atoms with Gasteiger partial charge in [-0.05, 0) is 29.7 Å². The predicted molar refractivity (Wildman–Crippen MR) is 112 cm³/mol. The van der Waals surface area contributed by atoms with Crippen LogP contribution >= 0.6 is 0 Å². The summed E-state index contributed by atoms with van der Waals surface area (Å²) in [6, 6.07) is 13.9. The number of nitrogens with two attached hydrogens (primary N) is 1. The molecule has 0 atom stereocenters. The molecule has 156 valence electrons. The van der Waals surface area contributed by atoms with E-state index in [9.17, 15) is 18.0 Å². The third kappa shape index (κ3) is 6.88. The molecule has 8 nitrogen and oxygen atoms in total. The number of rotatable bonds is 8. The second-order valence-electron chi connectivity index (χ2n) is 6.59. The summed E-state index contributed by atoms with van der Waals surface area (Å²) in [6.45, 7) is 2.43. The van der Waals surface area contributed by atoms with Gasteiger partial charge in [0.05, 0.1) is 4.90 Å². The minimum Gasteiger partial charge on any atom is -0.337 e. The van der Waals surface area contributed by atoms with Gasteiger partial charge < -0.3 is 15.5 Å². The van der Waals surface area contributed by atoms with Crippen LogP contribution in [0.5, 0.6) is 0 Å². The summed E-state index contributed by atoms with van der Waals surface area (Å²) in [5.74, 6) is -0.347. The van der Waals surface area contributed by atoms with E-state index in [2.05, 4.69) is 10.6 Å². The molecule has 29 heavy (non-hydrogen) atoms. The average Bonchev–Trinajstić information content (AvgIpc) is 2.68. The Balaban J connectivity index is 1.85. The molecule has 0 heterocycles. The van der Waals surface area contributed by atoms with Gasteiger partial charge in [-0.15, -0.1) is 0 Å². The maximum Gasteiger partial charge on any atom is 0.317 e. The second-order valence-corrected chi connectivity index (χ2v) is 8.12. The molecule has 0 fully saturated rings. The van der Waals surface area contributed by atoms with Crippen LogP contribution in [0.1, 0.15) is 24.5 Å². The van der Waals surface area contributed by atoms with Gasteiger partial charge in [-0.3, -0.25) is 4.79 Å². The van der Waals surface area contributed by atoms with Crippen LogP contribution in [0.3, 0.4) is 0 Å². The highest BCUT2D eigenvalue weighted by molar-refractivity contribution is 7.89. The summed E-state index contributed by atoms with van der Waals surface area (Å²) in [6.07, 6.45) is 0.549. The first kappa shape index (κ1) is 22.4. The molecule has 2 aromatic carbocycles. The molecular formula is C20H26N4O4S. The summed E-state index contributed by atoms with van der Waals surface area (Å²) in [5, 5.41) is 10.5. The van der Waals surface area contributed by atoms with Gasteiger partial charge in [-0.25, -0.2) is 18.4 Å². The van der Waals surface area contributed by atoms with Crippen molar-refractivity contribution in [2.75, 3.05) is 18.9 Å². The highest BCUT2D eigenvalue weighted by Crippen LogP contribution is 2.20. The van der Waals surface area contributed by atoms with Crippen molar-refractivity contribution in [3.05, 3.63) is 59.7 Å². The molecule has 9 heteroatoms. The Morgan fingerprint density at radius 3 is 2.41 bits per heavy atom. The predicted octanol–water partition coefficient (Wildman–Crippen LogP) is 2.07. The number of hydrogen-bond acceptors (Lipinski definition) is 4. The number of amides is 3. The van der Waals surface area contributed by atoms with Crippen LogP contribution in [0.4, 0.5) is 10.5 Å². The van der Waals surface area contributed by atoms with Gasteiger partial charge in [-0.1, -0.05) is 43.3 Å². The fourth-order valence-corrected chi connectivity index (χ4v) is 3.63. The number of aryl methyl sites for hydroxylation is 1. The monoisotopic (exact) mass is 418 g/mol. The number of benzene rings is 2. The Labute approximate surface area is 171 Å². The standard InChI is InChI=1S/C20H26N4O4S/c1-3-16-9-10-17(13-18(16)29(21,27)28)23-19(25)11-12-22-20(26)24(2)14-15-7-5-4-6-8-15/h4-10,13H,3,11-12,14H2,1-2H3,(H,22,26)(H,23,25)(H2,21,27,28). The van der Waals surface area contributed by atoms with E-state index in [-0.39, 0.29) is 29.8 Å². The van der Waals surface area contributed by atoms with Gasteiger partial charge in [0.25, 0.3) is 0 Å². The van der Waals surface area contributed by atoms with E-state index in [4.69, 9.17) is 5.14 Å². The first-order chi connectivity index (χ1) is 13.7. The lowest BCUT2D eigenvalue weighted by atomic mass is 10.1. The van der Waals surface area contributed by atoms with Gasteiger partial charge in [0, 0.05) is 32.2 Å². The van der Waals surface area contributed by atoms with E-state index < -0.39 is 10.0 Å². The van der Waals surface area contributed by atoms with Crippen LogP contribution in [-0.4, -0.2) is 38.8 Å². The molecule has 0 radical (unpaired) electrons. The van der Waals surface area contributed by atoms with Crippen molar-refractivity contribution in [3.63, 3.8) is 0 Å². The first-order valence-corrected chi connectivity index (χ1v) is 10.7. The lowest BCUT2D eigenvalue weighted by Gasteiger charge is -2.18. The molecule has 0 aliphatic carbocycles. The largest absolute Gasteiger partial charge is 0.337 e. The number of sulfonamides is 1. The van der Waals surface area contributed by atoms with Gasteiger partial charge in [-0.2, -0.15) is 0 Å². The second kappa shape index (κ2) is 10.0. The van der Waals surface area contributed by atoms with E-state index in [0.717, 1.165) is 5.56 Å². The fourth-order valence-electron chi connectivity index (χ4n) is 2.76. The molecule has 0 spiro atoms. The van der Waals surface area contributed by atoms with Crippen LogP contribution < -0.4 is 15.8 Å². The molecule has 0 aliphatic heterocycles. The van der Waals surface area contributed by atoms with Crippen molar-refractivity contribution in [2.24, 2.45) is 5.14 Å². The Morgan fingerprint density at radius 1 is 1.10 bits per heavy atom. The van der Waals surface area contributed by atoms with Crippen LogP contribution in [0.2, 0.25) is 0 Å². The number of nitrogens with one attached hydrogen (secondary N) is 2. The Morgan fingerprint density at radius 2 is 1.79 bits per heavy atom. The molecule has 2 aromatic rings. The highest BCUT2D eigenvalue weighted by atomic mass is 32.2. The Bertz CT molecular complexity index is 962. The number of nitrogens with zero attached hydrogens (tertiary/aromatic N) is 1. The summed E-state index contributed by atoms with van der Waals surface area (Å²) >= 11 is 0. The average molecular weight is 419 g/mol. The first-order valence-electron chi connectivity index (χ1n) is 9.19. The van der Waals surface area contributed by atoms with Crippen LogP contribution in [-0.2, 0) is 27.8 Å². The molecule has 0 saturated heterocycles. The maximum absolute atomic E-state index is 12.1. The van der Waals surface area contributed by atoms with Crippen LogP contribution in [0.15, 0.2) is 53.4 Å². The minimum absolute atomic E-state index is 0.00589. The number of primary sulfonamides is 1. The number of carbonyl (C=O) groups excluding carboxylic acids is 2. The van der Waals surface area contributed by atoms with E-state index in [1.54, 1.807) is 19.2 Å². The molecule has 3 amide bonds. The summed E-state index contributed by atoms with van der Waals surface area (Å²) in [7, 11) is -2.21. The van der Waals surface area contributed by atoms with E-state index in [1.807, 2.05) is 37.3 Å². The zero-order valence-electron chi connectivity index (χ0n) is 16.5. The number of hydrogen-bond donors (Lipinski definition) is 3. The quantitative estimate of drug-likeness (QED) is 0.607. The van der Waals surface area contributed by atoms with Gasteiger partial charge in [0.15, 0.2) is 0 Å². The Kier molecular flexibility index (Phi) is 7.74. The van der Waals surface area contributed by atoms with Crippen molar-refractivity contribution in [1.29, 1.82) is 0 Å². The number of urea groups is 1. The van der Waals surface area contributed by atoms with Crippen LogP contribution in [0, 0.1) is 0 Å². The SMILES string of the molecule is CCc1ccc(NC(=O)CCNC(=O)N(C)Cc2ccccc2)cc1S(N)(=O)=O. The number of anilines is 1.